The molecule has 1 rings (SSSR count). The number of hydrogen-bond donors (Lipinski definition) is 2. The summed E-state index contributed by atoms with van der Waals surface area (Å²) in [7, 11) is 1.34. The quantitative estimate of drug-likeness (QED) is 0.753. The standard InChI is InChI=1S/C13H21NO4/c1-8(7-15)9(2)14-6-11-5-12(10(3)18-11)13(16)17-4/h5,8-9,14-15H,6-7H2,1-4H3. The first-order valence-corrected chi connectivity index (χ1v) is 6.01. The van der Waals surface area contributed by atoms with Gasteiger partial charge in [0, 0.05) is 12.6 Å². The lowest BCUT2D eigenvalue weighted by atomic mass is 10.1. The van der Waals surface area contributed by atoms with E-state index in [9.17, 15) is 4.79 Å². The SMILES string of the molecule is COC(=O)c1cc(CNC(C)C(C)CO)oc1C. The zero-order valence-corrected chi connectivity index (χ0v) is 11.3. The van der Waals surface area contributed by atoms with Crippen LogP contribution in [0.15, 0.2) is 10.5 Å². The monoisotopic (exact) mass is 255 g/mol. The number of methoxy groups -OCH3 is 1. The molecule has 18 heavy (non-hydrogen) atoms. The molecule has 5 heteroatoms. The van der Waals surface area contributed by atoms with Crippen LogP contribution in [-0.4, -0.2) is 30.8 Å². The zero-order valence-electron chi connectivity index (χ0n) is 11.3. The Labute approximate surface area is 107 Å². The second-order valence-corrected chi connectivity index (χ2v) is 4.50. The van der Waals surface area contributed by atoms with Gasteiger partial charge in [-0.2, -0.15) is 0 Å². The van der Waals surface area contributed by atoms with Gasteiger partial charge in [-0.1, -0.05) is 6.92 Å². The average molecular weight is 255 g/mol. The maximum Gasteiger partial charge on any atom is 0.341 e. The van der Waals surface area contributed by atoms with Gasteiger partial charge in [0.2, 0.25) is 0 Å². The molecule has 0 aromatic carbocycles. The molecule has 5 nitrogen and oxygen atoms in total. The van der Waals surface area contributed by atoms with Crippen LogP contribution in [0.25, 0.3) is 0 Å². The molecule has 0 spiro atoms. The van der Waals surface area contributed by atoms with E-state index in [1.54, 1.807) is 13.0 Å². The Morgan fingerprint density at radius 1 is 1.56 bits per heavy atom. The molecule has 0 fully saturated rings. The molecule has 102 valence electrons. The number of aliphatic hydroxyl groups is 1. The summed E-state index contributed by atoms with van der Waals surface area (Å²) in [4.78, 5) is 11.4. The van der Waals surface area contributed by atoms with Crippen molar-refractivity contribution < 1.29 is 19.1 Å². The van der Waals surface area contributed by atoms with Crippen molar-refractivity contribution >= 4 is 5.97 Å². The fourth-order valence-electron chi connectivity index (χ4n) is 1.56. The van der Waals surface area contributed by atoms with E-state index in [-0.39, 0.29) is 24.5 Å². The molecule has 0 saturated carbocycles. The van der Waals surface area contributed by atoms with Gasteiger partial charge in [-0.15, -0.1) is 0 Å². The maximum absolute atomic E-state index is 11.4. The number of aryl methyl sites for hydroxylation is 1. The summed E-state index contributed by atoms with van der Waals surface area (Å²) >= 11 is 0. The summed E-state index contributed by atoms with van der Waals surface area (Å²) < 4.78 is 10.1. The number of carbonyl (C=O) groups excluding carboxylic acids is 1. The predicted molar refractivity (Wildman–Crippen MR) is 67.3 cm³/mol. The topological polar surface area (TPSA) is 71.7 Å². The summed E-state index contributed by atoms with van der Waals surface area (Å²) in [5, 5.41) is 12.3. The van der Waals surface area contributed by atoms with Gasteiger partial charge in [0.15, 0.2) is 0 Å². The van der Waals surface area contributed by atoms with E-state index in [1.165, 1.54) is 7.11 Å². The van der Waals surface area contributed by atoms with E-state index >= 15 is 0 Å². The molecular weight excluding hydrogens is 234 g/mol. The average Bonchev–Trinajstić information content (AvgIpc) is 2.75. The Kier molecular flexibility index (Phi) is 5.37. The minimum atomic E-state index is -0.390. The third-order valence-electron chi connectivity index (χ3n) is 3.11. The van der Waals surface area contributed by atoms with Crippen LogP contribution >= 0.6 is 0 Å². The van der Waals surface area contributed by atoms with Crippen molar-refractivity contribution in [2.24, 2.45) is 5.92 Å². The van der Waals surface area contributed by atoms with Crippen molar-refractivity contribution in [3.8, 4) is 0 Å². The molecule has 2 unspecified atom stereocenters. The van der Waals surface area contributed by atoms with E-state index in [1.807, 2.05) is 13.8 Å². The van der Waals surface area contributed by atoms with Gasteiger partial charge in [-0.25, -0.2) is 4.79 Å². The summed E-state index contributed by atoms with van der Waals surface area (Å²) in [5.41, 5.74) is 0.456. The second kappa shape index (κ2) is 6.56. The molecule has 1 aromatic heterocycles. The maximum atomic E-state index is 11.4. The Balaban J connectivity index is 2.61. The van der Waals surface area contributed by atoms with Gasteiger partial charge in [0.1, 0.15) is 17.1 Å². The van der Waals surface area contributed by atoms with Crippen LogP contribution in [0.4, 0.5) is 0 Å². The summed E-state index contributed by atoms with van der Waals surface area (Å²) in [6, 6.07) is 1.85. The van der Waals surface area contributed by atoms with Crippen LogP contribution in [0.1, 0.15) is 35.7 Å². The van der Waals surface area contributed by atoms with Gasteiger partial charge >= 0.3 is 5.97 Å². The molecule has 2 atom stereocenters. The number of furan rings is 1. The molecule has 0 aliphatic heterocycles. The fraction of sp³-hybridized carbons (Fsp3) is 0.615. The van der Waals surface area contributed by atoms with Crippen LogP contribution in [0, 0.1) is 12.8 Å². The van der Waals surface area contributed by atoms with E-state index in [2.05, 4.69) is 10.1 Å². The van der Waals surface area contributed by atoms with Gasteiger partial charge in [-0.05, 0) is 25.8 Å². The Morgan fingerprint density at radius 3 is 2.78 bits per heavy atom. The number of nitrogens with one attached hydrogen (secondary N) is 1. The number of rotatable bonds is 6. The second-order valence-electron chi connectivity index (χ2n) is 4.50. The molecular formula is C13H21NO4. The molecule has 0 radical (unpaired) electrons. The van der Waals surface area contributed by atoms with Crippen molar-refractivity contribution in [1.82, 2.24) is 5.32 Å². The highest BCUT2D eigenvalue weighted by Crippen LogP contribution is 2.16. The van der Waals surface area contributed by atoms with E-state index in [4.69, 9.17) is 9.52 Å². The first kappa shape index (κ1) is 14.7. The van der Waals surface area contributed by atoms with E-state index in [0.717, 1.165) is 0 Å². The van der Waals surface area contributed by atoms with Gasteiger partial charge in [0.25, 0.3) is 0 Å². The van der Waals surface area contributed by atoms with Crippen molar-refractivity contribution in [2.75, 3.05) is 13.7 Å². The van der Waals surface area contributed by atoms with Gasteiger partial charge < -0.3 is 19.6 Å². The van der Waals surface area contributed by atoms with Crippen molar-refractivity contribution in [3.63, 3.8) is 0 Å². The molecule has 0 saturated heterocycles. The highest BCUT2D eigenvalue weighted by Gasteiger charge is 2.16. The molecule has 0 aliphatic rings. The minimum Gasteiger partial charge on any atom is -0.465 e. The molecule has 2 N–H and O–H groups in total. The number of aliphatic hydroxyl groups excluding tert-OH is 1. The number of carbonyl (C=O) groups is 1. The van der Waals surface area contributed by atoms with Crippen molar-refractivity contribution in [2.45, 2.75) is 33.4 Å². The highest BCUT2D eigenvalue weighted by molar-refractivity contribution is 5.90. The minimum absolute atomic E-state index is 0.138. The number of ether oxygens (including phenoxy) is 1. The van der Waals surface area contributed by atoms with Crippen LogP contribution in [0.5, 0.6) is 0 Å². The molecule has 1 heterocycles. The smallest absolute Gasteiger partial charge is 0.341 e. The molecule has 1 aromatic rings. The first-order valence-electron chi connectivity index (χ1n) is 6.01. The predicted octanol–water partition coefficient (Wildman–Crippen LogP) is 1.48. The summed E-state index contributed by atoms with van der Waals surface area (Å²) in [6.45, 7) is 6.35. The molecule has 0 bridgehead atoms. The van der Waals surface area contributed by atoms with Gasteiger partial charge in [0.05, 0.1) is 13.7 Å². The Morgan fingerprint density at radius 2 is 2.22 bits per heavy atom. The third kappa shape index (κ3) is 3.58. The Bertz CT molecular complexity index is 400. The Hall–Kier alpha value is -1.33. The third-order valence-corrected chi connectivity index (χ3v) is 3.11. The fourth-order valence-corrected chi connectivity index (χ4v) is 1.56. The van der Waals surface area contributed by atoms with Crippen molar-refractivity contribution in [1.29, 1.82) is 0 Å². The van der Waals surface area contributed by atoms with Crippen LogP contribution in [0.3, 0.4) is 0 Å². The van der Waals surface area contributed by atoms with Crippen LogP contribution in [-0.2, 0) is 11.3 Å². The first-order chi connectivity index (χ1) is 8.49. The number of esters is 1. The molecule has 0 amide bonds. The lowest BCUT2D eigenvalue weighted by molar-refractivity contribution is 0.0599. The van der Waals surface area contributed by atoms with Crippen LogP contribution in [0.2, 0.25) is 0 Å². The largest absolute Gasteiger partial charge is 0.465 e. The summed E-state index contributed by atoms with van der Waals surface area (Å²) in [5.74, 6) is 1.02. The normalized spacial score (nSPS) is 14.3. The summed E-state index contributed by atoms with van der Waals surface area (Å²) in [6.07, 6.45) is 0. The highest BCUT2D eigenvalue weighted by atomic mass is 16.5. The molecule has 0 aliphatic carbocycles. The van der Waals surface area contributed by atoms with Gasteiger partial charge in [-0.3, -0.25) is 0 Å². The number of hydrogen-bond acceptors (Lipinski definition) is 5. The lowest BCUT2D eigenvalue weighted by Crippen LogP contribution is -2.33. The van der Waals surface area contributed by atoms with Crippen molar-refractivity contribution in [3.05, 3.63) is 23.2 Å². The zero-order chi connectivity index (χ0) is 13.7. The van der Waals surface area contributed by atoms with E-state index < -0.39 is 0 Å². The van der Waals surface area contributed by atoms with Crippen LogP contribution < -0.4 is 5.32 Å². The van der Waals surface area contributed by atoms with E-state index in [0.29, 0.717) is 23.6 Å². The lowest BCUT2D eigenvalue weighted by Gasteiger charge is -2.18.